The predicted molar refractivity (Wildman–Crippen MR) is 98.9 cm³/mol. The molecule has 0 spiro atoms. The van der Waals surface area contributed by atoms with Gasteiger partial charge in [-0.2, -0.15) is 8.62 Å². The Balaban J connectivity index is 2.23. The van der Waals surface area contributed by atoms with Gasteiger partial charge in [0.1, 0.15) is 12.7 Å². The van der Waals surface area contributed by atoms with E-state index in [1.165, 1.54) is 0 Å². The van der Waals surface area contributed by atoms with Gasteiger partial charge < -0.3 is 29.4 Å². The standard InChI is InChI=1S/C12H15N2O14P3/c1-2-4-12(7-25-30(21,22)28-31(23,24)27-29(18,19)20)8(15)6-10(26-12)14-5-3-9(16)13-11(14)17/h3-6,8,15H,1,7H2,(H,21,22)(H,23,24)(H,13,16,17)(H2,18,19,20)/t8-,12+/m0/s1. The Hall–Kier alpha value is -1.89. The van der Waals surface area contributed by atoms with Crippen LogP contribution in [0.2, 0.25) is 0 Å². The molecule has 2 rings (SSSR count). The number of nitrogens with one attached hydrogen (secondary N) is 1. The van der Waals surface area contributed by atoms with Crippen LogP contribution in [0.4, 0.5) is 0 Å². The minimum Gasteiger partial charge on any atom is -0.462 e. The Bertz CT molecular complexity index is 1190. The van der Waals surface area contributed by atoms with Gasteiger partial charge in [0, 0.05) is 24.4 Å². The van der Waals surface area contributed by atoms with Crippen molar-refractivity contribution in [1.29, 1.82) is 0 Å². The largest absolute Gasteiger partial charge is 0.490 e. The highest BCUT2D eigenvalue weighted by atomic mass is 31.3. The maximum atomic E-state index is 11.9. The maximum Gasteiger partial charge on any atom is 0.490 e. The fourth-order valence-corrected chi connectivity index (χ4v) is 5.27. The summed E-state index contributed by atoms with van der Waals surface area (Å²) in [4.78, 5) is 60.7. The van der Waals surface area contributed by atoms with Crippen LogP contribution in [0.15, 0.2) is 46.3 Å². The number of aliphatic hydroxyl groups excluding tert-OH is 1. The molecule has 0 fully saturated rings. The van der Waals surface area contributed by atoms with Crippen molar-refractivity contribution in [2.24, 2.45) is 0 Å². The summed E-state index contributed by atoms with van der Waals surface area (Å²) < 4.78 is 51.8. The number of hydrogen-bond donors (Lipinski definition) is 6. The van der Waals surface area contributed by atoms with Gasteiger partial charge in [0.15, 0.2) is 5.60 Å². The van der Waals surface area contributed by atoms with Gasteiger partial charge in [0.05, 0.1) is 0 Å². The van der Waals surface area contributed by atoms with Crippen LogP contribution in [-0.2, 0) is 31.6 Å². The van der Waals surface area contributed by atoms with Gasteiger partial charge in [-0.15, -0.1) is 5.73 Å². The number of aliphatic hydroxyl groups is 1. The third-order valence-corrected chi connectivity index (χ3v) is 7.16. The Morgan fingerprint density at radius 1 is 1.23 bits per heavy atom. The molecule has 0 radical (unpaired) electrons. The van der Waals surface area contributed by atoms with E-state index in [9.17, 15) is 33.3 Å². The number of phosphoric acid groups is 3. The zero-order valence-corrected chi connectivity index (χ0v) is 17.7. The molecule has 172 valence electrons. The van der Waals surface area contributed by atoms with Crippen LogP contribution >= 0.6 is 23.5 Å². The highest BCUT2D eigenvalue weighted by Crippen LogP contribution is 2.66. The van der Waals surface area contributed by atoms with Crippen LogP contribution in [0.1, 0.15) is 0 Å². The van der Waals surface area contributed by atoms with Crippen molar-refractivity contribution in [1.82, 2.24) is 9.55 Å². The van der Waals surface area contributed by atoms with Gasteiger partial charge in [0.25, 0.3) is 5.56 Å². The van der Waals surface area contributed by atoms with Gasteiger partial charge in [0.2, 0.25) is 5.88 Å². The molecule has 0 bridgehead atoms. The second-order valence-corrected chi connectivity index (χ2v) is 10.1. The minimum absolute atomic E-state index is 0.338. The highest BCUT2D eigenvalue weighted by Gasteiger charge is 2.48. The van der Waals surface area contributed by atoms with Crippen molar-refractivity contribution in [2.75, 3.05) is 6.61 Å². The summed E-state index contributed by atoms with van der Waals surface area (Å²) in [5, 5.41) is 10.3. The van der Waals surface area contributed by atoms with E-state index < -0.39 is 53.0 Å². The molecule has 0 saturated heterocycles. The van der Waals surface area contributed by atoms with Crippen molar-refractivity contribution in [3.8, 4) is 0 Å². The first-order valence-electron chi connectivity index (χ1n) is 7.65. The van der Waals surface area contributed by atoms with E-state index in [4.69, 9.17) is 19.4 Å². The minimum atomic E-state index is -5.76. The SMILES string of the molecule is C=C=C[C@]1(COP(=O)(O)OP(=O)(O)OP(=O)(O)O)OC(n2ccc(=O)[nH]c2=O)=C[C@@H]1O. The molecule has 31 heavy (non-hydrogen) atoms. The zero-order chi connectivity index (χ0) is 23.7. The van der Waals surface area contributed by atoms with Gasteiger partial charge in [-0.3, -0.25) is 14.3 Å². The molecule has 0 aliphatic carbocycles. The van der Waals surface area contributed by atoms with E-state index in [1.807, 2.05) is 4.98 Å². The lowest BCUT2D eigenvalue weighted by Gasteiger charge is -2.29. The summed E-state index contributed by atoms with van der Waals surface area (Å²) in [6, 6.07) is 0.966. The summed E-state index contributed by atoms with van der Waals surface area (Å²) in [7, 11) is -16.9. The molecule has 19 heteroatoms. The Labute approximate surface area is 171 Å². The summed E-state index contributed by atoms with van der Waals surface area (Å²) in [6.45, 7) is 2.17. The number of aromatic amines is 1. The van der Waals surface area contributed by atoms with Crippen LogP contribution in [-0.4, -0.2) is 52.5 Å². The lowest BCUT2D eigenvalue weighted by Crippen LogP contribution is -2.42. The van der Waals surface area contributed by atoms with Crippen LogP contribution in [0.25, 0.3) is 5.88 Å². The number of hydrogen-bond acceptors (Lipinski definition) is 10. The molecule has 1 aliphatic heterocycles. The highest BCUT2D eigenvalue weighted by molar-refractivity contribution is 7.66. The molecule has 1 aromatic heterocycles. The molecule has 0 amide bonds. The molecule has 6 N–H and O–H groups in total. The van der Waals surface area contributed by atoms with Gasteiger partial charge in [-0.25, -0.2) is 23.1 Å². The van der Waals surface area contributed by atoms with Crippen LogP contribution < -0.4 is 11.2 Å². The van der Waals surface area contributed by atoms with Gasteiger partial charge >= 0.3 is 29.2 Å². The normalized spacial score (nSPS) is 24.9. The van der Waals surface area contributed by atoms with Crippen LogP contribution in [0.5, 0.6) is 0 Å². The fraction of sp³-hybridized carbons (Fsp3) is 0.250. The number of aromatic nitrogens is 2. The Morgan fingerprint density at radius 2 is 1.87 bits per heavy atom. The lowest BCUT2D eigenvalue weighted by atomic mass is 9.99. The third kappa shape index (κ3) is 6.79. The summed E-state index contributed by atoms with van der Waals surface area (Å²) >= 11 is 0. The monoisotopic (exact) mass is 504 g/mol. The molecule has 0 aromatic carbocycles. The molecule has 2 heterocycles. The summed E-state index contributed by atoms with van der Waals surface area (Å²) in [5.41, 5.74) is -1.49. The molecular weight excluding hydrogens is 489 g/mol. The van der Waals surface area contributed by atoms with Crippen molar-refractivity contribution >= 4 is 29.4 Å². The topological polar surface area (TPSA) is 244 Å². The molecule has 1 aliphatic rings. The third-order valence-electron chi connectivity index (χ3n) is 3.37. The molecule has 1 aromatic rings. The number of ether oxygens (including phenoxy) is 1. The van der Waals surface area contributed by atoms with Crippen molar-refractivity contribution in [3.63, 3.8) is 0 Å². The average Bonchev–Trinajstić information content (AvgIpc) is 2.87. The Kier molecular flexibility index (Phi) is 7.31. The zero-order valence-electron chi connectivity index (χ0n) is 15.0. The van der Waals surface area contributed by atoms with Crippen LogP contribution in [0.3, 0.4) is 0 Å². The van der Waals surface area contributed by atoms with E-state index in [0.29, 0.717) is 0 Å². The molecular formula is C12H15N2O14P3. The average molecular weight is 504 g/mol. The van der Waals surface area contributed by atoms with Gasteiger partial charge in [-0.1, -0.05) is 6.58 Å². The summed E-state index contributed by atoms with van der Waals surface area (Å²) in [6.07, 6.45) is 1.24. The summed E-state index contributed by atoms with van der Waals surface area (Å²) in [5.74, 6) is -0.338. The molecule has 4 atom stereocenters. The molecule has 0 saturated carbocycles. The quantitative estimate of drug-likeness (QED) is 0.177. The predicted octanol–water partition coefficient (Wildman–Crippen LogP) is -0.851. The molecule has 16 nitrogen and oxygen atoms in total. The lowest BCUT2D eigenvalue weighted by molar-refractivity contribution is -0.0326. The fourth-order valence-electron chi connectivity index (χ4n) is 2.22. The second-order valence-electron chi connectivity index (χ2n) is 5.70. The van der Waals surface area contributed by atoms with Crippen molar-refractivity contribution in [2.45, 2.75) is 11.7 Å². The first-order chi connectivity index (χ1) is 14.1. The first kappa shape index (κ1) is 25.4. The Morgan fingerprint density at radius 3 is 2.42 bits per heavy atom. The van der Waals surface area contributed by atoms with Crippen molar-refractivity contribution < 1.29 is 56.3 Å². The number of phosphoric ester groups is 1. The van der Waals surface area contributed by atoms with Crippen LogP contribution in [0, 0.1) is 0 Å². The number of nitrogens with zero attached hydrogens (tertiary/aromatic N) is 1. The van der Waals surface area contributed by atoms with E-state index in [2.05, 4.69) is 25.5 Å². The smallest absolute Gasteiger partial charge is 0.462 e. The maximum absolute atomic E-state index is 11.9. The van der Waals surface area contributed by atoms with E-state index in [0.717, 1.165) is 29.0 Å². The number of H-pyrrole nitrogens is 1. The first-order valence-corrected chi connectivity index (χ1v) is 12.2. The van der Waals surface area contributed by atoms with E-state index in [1.54, 1.807) is 0 Å². The van der Waals surface area contributed by atoms with E-state index >= 15 is 0 Å². The second kappa shape index (κ2) is 8.93. The van der Waals surface area contributed by atoms with Gasteiger partial charge in [-0.05, 0) is 0 Å². The van der Waals surface area contributed by atoms with E-state index in [-0.39, 0.29) is 5.88 Å². The molecule has 2 unspecified atom stereocenters. The number of rotatable bonds is 9. The van der Waals surface area contributed by atoms with Crippen molar-refractivity contribution in [3.05, 3.63) is 57.6 Å².